The summed E-state index contributed by atoms with van der Waals surface area (Å²) in [5, 5.41) is 11.8. The van der Waals surface area contributed by atoms with Gasteiger partial charge < -0.3 is 10.4 Å². The van der Waals surface area contributed by atoms with Crippen LogP contribution in [0.4, 0.5) is 0 Å². The van der Waals surface area contributed by atoms with Gasteiger partial charge in [-0.3, -0.25) is 13.6 Å². The largest absolute Gasteiger partial charge is 0.395 e. The second-order valence-electron chi connectivity index (χ2n) is 3.15. The molecule has 3 N–H and O–H groups in total. The molecular formula is C8H20N2O4S2. The van der Waals surface area contributed by atoms with Crippen LogP contribution in [-0.4, -0.2) is 64.7 Å². The molecule has 0 bridgehead atoms. The average molecular weight is 272 g/mol. The molecule has 1 atom stereocenters. The molecule has 0 amide bonds. The van der Waals surface area contributed by atoms with E-state index < -0.39 is 9.05 Å². The summed E-state index contributed by atoms with van der Waals surface area (Å²) in [7, 11) is -3.34. The van der Waals surface area contributed by atoms with Crippen LogP contribution in [-0.2, 0) is 24.4 Å². The van der Waals surface area contributed by atoms with Crippen LogP contribution in [0.2, 0.25) is 0 Å². The lowest BCUT2D eigenvalue weighted by molar-refractivity contribution is 0.180. The Kier molecular flexibility index (Phi) is 9.32. The number of aliphatic hydroxyl groups is 1. The molecule has 0 spiro atoms. The maximum Gasteiger partial charge on any atom is 0.266 e. The molecule has 1 aliphatic rings. The predicted octanol–water partition coefficient (Wildman–Crippen LogP) is -0.959. The van der Waals surface area contributed by atoms with E-state index in [1.165, 1.54) is 0 Å². The van der Waals surface area contributed by atoms with Gasteiger partial charge in [-0.25, -0.2) is 0 Å². The maximum atomic E-state index is 9.93. The topological polar surface area (TPSA) is 82.0 Å². The highest BCUT2D eigenvalue weighted by molar-refractivity contribution is 8.27. The number of piperazine rings is 1. The monoisotopic (exact) mass is 272 g/mol. The van der Waals surface area contributed by atoms with E-state index in [1.54, 1.807) is 6.92 Å². The molecule has 8 heteroatoms. The second kappa shape index (κ2) is 9.23. The van der Waals surface area contributed by atoms with Gasteiger partial charge in [0.15, 0.2) is 0 Å². The van der Waals surface area contributed by atoms with E-state index in [1.807, 2.05) is 0 Å². The zero-order valence-corrected chi connectivity index (χ0v) is 11.1. The van der Waals surface area contributed by atoms with Gasteiger partial charge in [0, 0.05) is 43.9 Å². The van der Waals surface area contributed by atoms with E-state index in [0.29, 0.717) is 6.61 Å². The number of β-amino-alcohol motifs (C(OH)–C–C–N with tert-alkyl or cyclic N) is 1. The van der Waals surface area contributed by atoms with E-state index in [4.69, 9.17) is 9.66 Å². The number of aliphatic hydroxyl groups excluding tert-OH is 1. The first kappa shape index (κ1) is 16.2. The second-order valence-corrected chi connectivity index (χ2v) is 5.50. The van der Waals surface area contributed by atoms with Gasteiger partial charge in [-0.2, -0.15) is 4.21 Å². The predicted molar refractivity (Wildman–Crippen MR) is 66.2 cm³/mol. The summed E-state index contributed by atoms with van der Waals surface area (Å²) in [5.41, 5.74) is 0. The fourth-order valence-electron chi connectivity index (χ4n) is 1.23. The van der Waals surface area contributed by atoms with Gasteiger partial charge in [0.25, 0.3) is 9.05 Å². The average Bonchev–Trinajstić information content (AvgIpc) is 2.19. The smallest absolute Gasteiger partial charge is 0.266 e. The minimum absolute atomic E-state index is 0.179. The van der Waals surface area contributed by atoms with Gasteiger partial charge in [0.05, 0.1) is 13.2 Å². The molecule has 1 saturated heterocycles. The number of hydrogen-bond acceptors (Lipinski definition) is 6. The highest BCUT2D eigenvalue weighted by Crippen LogP contribution is 1.88. The minimum Gasteiger partial charge on any atom is -0.395 e. The first-order valence-electron chi connectivity index (χ1n) is 5.15. The van der Waals surface area contributed by atoms with Crippen molar-refractivity contribution >= 4 is 20.2 Å². The van der Waals surface area contributed by atoms with E-state index >= 15 is 0 Å². The highest BCUT2D eigenvalue weighted by Gasteiger charge is 2.06. The Balaban J connectivity index is 0.000000293. The SMILES string of the molecule is CCOS(=O)(O)=S.OCCN1CCNCC1. The highest BCUT2D eigenvalue weighted by atomic mass is 32.9. The molecule has 1 rings (SSSR count). The zero-order chi connectivity index (χ0) is 12.4. The normalized spacial score (nSPS) is 20.7. The molecule has 1 unspecified atom stereocenters. The number of nitrogens with zero attached hydrogens (tertiary/aromatic N) is 1. The van der Waals surface area contributed by atoms with E-state index in [2.05, 4.69) is 25.6 Å². The maximum absolute atomic E-state index is 9.93. The third-order valence-corrected chi connectivity index (χ3v) is 2.71. The quantitative estimate of drug-likeness (QED) is 0.608. The van der Waals surface area contributed by atoms with Gasteiger partial charge in [0.2, 0.25) is 0 Å². The van der Waals surface area contributed by atoms with Gasteiger partial charge in [0.1, 0.15) is 0 Å². The molecule has 1 aliphatic heterocycles. The van der Waals surface area contributed by atoms with Crippen LogP contribution in [0.15, 0.2) is 0 Å². The number of nitrogens with one attached hydrogen (secondary N) is 1. The van der Waals surface area contributed by atoms with Crippen LogP contribution < -0.4 is 5.32 Å². The van der Waals surface area contributed by atoms with Crippen molar-refractivity contribution in [3.8, 4) is 0 Å². The first-order valence-corrected chi connectivity index (χ1v) is 7.52. The molecule has 98 valence electrons. The van der Waals surface area contributed by atoms with Gasteiger partial charge in [-0.1, -0.05) is 0 Å². The van der Waals surface area contributed by atoms with Gasteiger partial charge >= 0.3 is 0 Å². The Hall–Kier alpha value is 0.170. The van der Waals surface area contributed by atoms with Crippen molar-refractivity contribution < 1.29 is 18.1 Å². The summed E-state index contributed by atoms with van der Waals surface area (Å²) in [6.45, 7) is 7.21. The lowest BCUT2D eigenvalue weighted by Crippen LogP contribution is -2.44. The molecule has 0 aromatic rings. The van der Waals surface area contributed by atoms with Crippen molar-refractivity contribution in [2.75, 3.05) is 45.9 Å². The molecule has 0 aromatic carbocycles. The Bertz CT molecular complexity index is 250. The molecule has 0 saturated carbocycles. The summed E-state index contributed by atoms with van der Waals surface area (Å²) in [5.74, 6) is 0. The summed E-state index contributed by atoms with van der Waals surface area (Å²) < 4.78 is 22.2. The van der Waals surface area contributed by atoms with Crippen molar-refractivity contribution in [3.63, 3.8) is 0 Å². The first-order chi connectivity index (χ1) is 7.49. The van der Waals surface area contributed by atoms with Crippen molar-refractivity contribution in [1.29, 1.82) is 0 Å². The summed E-state index contributed by atoms with van der Waals surface area (Å²) in [6, 6.07) is 0. The van der Waals surface area contributed by atoms with E-state index in [0.717, 1.165) is 32.7 Å². The summed E-state index contributed by atoms with van der Waals surface area (Å²) >= 11 is 3.95. The van der Waals surface area contributed by atoms with E-state index in [-0.39, 0.29) is 6.61 Å². The zero-order valence-electron chi connectivity index (χ0n) is 9.42. The Labute approximate surface area is 102 Å². The van der Waals surface area contributed by atoms with Crippen LogP contribution in [0.1, 0.15) is 6.92 Å². The van der Waals surface area contributed by atoms with Crippen LogP contribution >= 0.6 is 0 Å². The Morgan fingerprint density at radius 3 is 2.38 bits per heavy atom. The lowest BCUT2D eigenvalue weighted by atomic mass is 10.4. The molecule has 0 radical (unpaired) electrons. The molecular weight excluding hydrogens is 252 g/mol. The van der Waals surface area contributed by atoms with E-state index in [9.17, 15) is 4.21 Å². The fourth-order valence-corrected chi connectivity index (χ4v) is 1.81. The number of hydrogen-bond donors (Lipinski definition) is 3. The standard InChI is InChI=1S/C6H14N2O.C2H6O3S2/c9-6-5-8-3-1-7-2-4-8;1-2-5-7(3,4)6/h7,9H,1-6H2;2H2,1H3,(H,3,4,6). The van der Waals surface area contributed by atoms with Crippen LogP contribution in [0.25, 0.3) is 0 Å². The van der Waals surface area contributed by atoms with Gasteiger partial charge in [-0.05, 0) is 6.92 Å². The summed E-state index contributed by atoms with van der Waals surface area (Å²) in [6.07, 6.45) is 0. The molecule has 0 aromatic heterocycles. The van der Waals surface area contributed by atoms with Crippen LogP contribution in [0.5, 0.6) is 0 Å². The molecule has 6 nitrogen and oxygen atoms in total. The molecule has 1 heterocycles. The third kappa shape index (κ3) is 10.7. The Morgan fingerprint density at radius 1 is 1.50 bits per heavy atom. The molecule has 1 fully saturated rings. The summed E-state index contributed by atoms with van der Waals surface area (Å²) in [4.78, 5) is 2.26. The van der Waals surface area contributed by atoms with Crippen LogP contribution in [0.3, 0.4) is 0 Å². The van der Waals surface area contributed by atoms with Crippen LogP contribution in [0, 0.1) is 0 Å². The Morgan fingerprint density at radius 2 is 2.06 bits per heavy atom. The van der Waals surface area contributed by atoms with Crippen molar-refractivity contribution in [2.45, 2.75) is 6.92 Å². The molecule has 16 heavy (non-hydrogen) atoms. The van der Waals surface area contributed by atoms with Crippen molar-refractivity contribution in [1.82, 2.24) is 10.2 Å². The van der Waals surface area contributed by atoms with Gasteiger partial charge in [-0.15, -0.1) is 0 Å². The third-order valence-electron chi connectivity index (χ3n) is 1.89. The number of rotatable bonds is 4. The van der Waals surface area contributed by atoms with Crippen molar-refractivity contribution in [3.05, 3.63) is 0 Å². The lowest BCUT2D eigenvalue weighted by Gasteiger charge is -2.25. The minimum atomic E-state index is -3.34. The van der Waals surface area contributed by atoms with Crippen molar-refractivity contribution in [2.24, 2.45) is 0 Å². The molecule has 0 aliphatic carbocycles. The fraction of sp³-hybridized carbons (Fsp3) is 1.00.